The monoisotopic (exact) mass is 841 g/mol. The fourth-order valence-corrected chi connectivity index (χ4v) is 9.72. The summed E-state index contributed by atoms with van der Waals surface area (Å²) in [5, 5.41) is 6.14. The van der Waals surface area contributed by atoms with Crippen molar-refractivity contribution in [3.8, 4) is 67.0 Å². The van der Waals surface area contributed by atoms with Gasteiger partial charge < -0.3 is 9.32 Å². The molecule has 0 aliphatic carbocycles. The normalized spacial score (nSPS) is 11.3. The molecule has 0 N–H and O–H groups in total. The third-order valence-corrected chi connectivity index (χ3v) is 12.9. The fourth-order valence-electron chi connectivity index (χ4n) is 9.72. The zero-order valence-electron chi connectivity index (χ0n) is 36.2. The van der Waals surface area contributed by atoms with E-state index in [0.717, 1.165) is 56.0 Å². The van der Waals surface area contributed by atoms with Crippen molar-refractivity contribution >= 4 is 49.6 Å². The maximum Gasteiger partial charge on any atom is 0.143 e. The molecule has 0 spiro atoms. The molecule has 0 saturated heterocycles. The molecule has 0 bridgehead atoms. The smallest absolute Gasteiger partial charge is 0.143 e. The average Bonchev–Trinajstić information content (AvgIpc) is 3.80. The predicted molar refractivity (Wildman–Crippen MR) is 279 cm³/mol. The minimum absolute atomic E-state index is 0.853. The van der Waals surface area contributed by atoms with Crippen LogP contribution in [0.25, 0.3) is 99.5 Å². The van der Waals surface area contributed by atoms with Gasteiger partial charge in [-0.05, 0) is 120 Å². The van der Waals surface area contributed by atoms with Crippen LogP contribution in [-0.2, 0) is 0 Å². The largest absolute Gasteiger partial charge is 0.455 e. The molecule has 0 aliphatic heterocycles. The van der Waals surface area contributed by atoms with E-state index in [-0.39, 0.29) is 0 Å². The Morgan fingerprint density at radius 2 is 0.758 bits per heavy atom. The van der Waals surface area contributed by atoms with Gasteiger partial charge in [-0.25, -0.2) is 0 Å². The van der Waals surface area contributed by atoms with Crippen LogP contribution in [0.3, 0.4) is 0 Å². The van der Waals surface area contributed by atoms with Gasteiger partial charge in [-0.1, -0.05) is 212 Å². The van der Waals surface area contributed by atoms with Crippen molar-refractivity contribution in [2.75, 3.05) is 4.90 Å². The molecule has 0 atom stereocenters. The molecule has 2 heteroatoms. The number of para-hydroxylation sites is 1. The summed E-state index contributed by atoms with van der Waals surface area (Å²) in [6.07, 6.45) is 0. The van der Waals surface area contributed by atoms with Gasteiger partial charge in [0.1, 0.15) is 11.3 Å². The van der Waals surface area contributed by atoms with Gasteiger partial charge in [-0.2, -0.15) is 0 Å². The van der Waals surface area contributed by atoms with Crippen molar-refractivity contribution in [2.24, 2.45) is 0 Å². The first-order valence-electron chi connectivity index (χ1n) is 22.6. The Bertz CT molecular complexity index is 3680. The van der Waals surface area contributed by atoms with E-state index in [4.69, 9.17) is 4.42 Å². The average molecular weight is 842 g/mol. The van der Waals surface area contributed by atoms with Crippen molar-refractivity contribution in [1.29, 1.82) is 0 Å². The van der Waals surface area contributed by atoms with Crippen LogP contribution in [-0.4, -0.2) is 0 Å². The summed E-state index contributed by atoms with van der Waals surface area (Å²) in [4.78, 5) is 2.35. The van der Waals surface area contributed by atoms with Crippen molar-refractivity contribution < 1.29 is 4.42 Å². The molecule has 0 amide bonds. The van der Waals surface area contributed by atoms with Crippen LogP contribution >= 0.6 is 0 Å². The lowest BCUT2D eigenvalue weighted by Crippen LogP contribution is -2.10. The second kappa shape index (κ2) is 16.8. The van der Waals surface area contributed by atoms with Crippen molar-refractivity contribution in [2.45, 2.75) is 0 Å². The van der Waals surface area contributed by atoms with Crippen LogP contribution in [0, 0.1) is 0 Å². The van der Waals surface area contributed by atoms with Crippen molar-refractivity contribution in [3.05, 3.63) is 261 Å². The second-order valence-electron chi connectivity index (χ2n) is 16.8. The van der Waals surface area contributed by atoms with Crippen LogP contribution in [0.15, 0.2) is 265 Å². The molecule has 0 fully saturated rings. The highest BCUT2D eigenvalue weighted by atomic mass is 16.3. The van der Waals surface area contributed by atoms with E-state index < -0.39 is 0 Å². The Balaban J connectivity index is 0.964. The standard InChI is InChI=1S/C64H43NO/c1-3-16-45(17-4-1)56-24-9-11-26-59(56)60-27-12-10-25-57(60)47-34-39-53(40-35-47)65(52-37-32-44(33-38-52)49-36-41-58-50(42-49)31-30-46-18-7-8-23-55(46)58)54-22-15-21-51(43-54)64-63(48-19-5-2-6-20-48)61-28-13-14-29-62(61)66-64/h1-43H. The molecule has 0 saturated carbocycles. The third kappa shape index (κ3) is 7.12. The summed E-state index contributed by atoms with van der Waals surface area (Å²) < 4.78 is 6.74. The summed E-state index contributed by atoms with van der Waals surface area (Å²) in [5.41, 5.74) is 16.8. The minimum atomic E-state index is 0.853. The lowest BCUT2D eigenvalue weighted by molar-refractivity contribution is 0.632. The van der Waals surface area contributed by atoms with Gasteiger partial charge in [0.25, 0.3) is 0 Å². The van der Waals surface area contributed by atoms with Gasteiger partial charge in [0.15, 0.2) is 0 Å². The van der Waals surface area contributed by atoms with Crippen molar-refractivity contribution in [3.63, 3.8) is 0 Å². The Kier molecular flexibility index (Phi) is 9.89. The van der Waals surface area contributed by atoms with Crippen molar-refractivity contribution in [1.82, 2.24) is 0 Å². The first-order valence-corrected chi connectivity index (χ1v) is 22.6. The quantitative estimate of drug-likeness (QED) is 0.135. The van der Waals surface area contributed by atoms with Gasteiger partial charge in [-0.3, -0.25) is 0 Å². The van der Waals surface area contributed by atoms with E-state index in [2.05, 4.69) is 260 Å². The summed E-state index contributed by atoms with van der Waals surface area (Å²) in [6.45, 7) is 0. The first kappa shape index (κ1) is 38.9. The molecule has 66 heavy (non-hydrogen) atoms. The SMILES string of the molecule is c1ccc(-c2ccccc2-c2ccccc2-c2ccc(N(c3ccc(-c4ccc5c(ccc6ccccc65)c4)cc3)c3cccc(-c4oc5ccccc5c4-c4ccccc4)c3)cc2)cc1. The summed E-state index contributed by atoms with van der Waals surface area (Å²) >= 11 is 0. The minimum Gasteiger partial charge on any atom is -0.455 e. The highest BCUT2D eigenvalue weighted by Crippen LogP contribution is 2.45. The number of nitrogens with zero attached hydrogens (tertiary/aromatic N) is 1. The molecule has 12 aromatic rings. The van der Waals surface area contributed by atoms with Gasteiger partial charge in [0.2, 0.25) is 0 Å². The van der Waals surface area contributed by atoms with Crippen LogP contribution in [0.1, 0.15) is 0 Å². The summed E-state index contributed by atoms with van der Waals surface area (Å²) in [6, 6.07) is 93.7. The lowest BCUT2D eigenvalue weighted by Gasteiger charge is -2.26. The Morgan fingerprint density at radius 3 is 1.45 bits per heavy atom. The Labute approximate surface area is 384 Å². The van der Waals surface area contributed by atoms with Crippen LogP contribution in [0.4, 0.5) is 17.1 Å². The fraction of sp³-hybridized carbons (Fsp3) is 0. The molecule has 0 aliphatic rings. The lowest BCUT2D eigenvalue weighted by atomic mass is 9.89. The van der Waals surface area contributed by atoms with Gasteiger partial charge >= 0.3 is 0 Å². The Hall–Kier alpha value is -8.72. The van der Waals surface area contributed by atoms with Gasteiger partial charge in [-0.15, -0.1) is 0 Å². The Morgan fingerprint density at radius 1 is 0.258 bits per heavy atom. The predicted octanol–water partition coefficient (Wildman–Crippen LogP) is 18.2. The molecule has 11 aromatic carbocycles. The van der Waals surface area contributed by atoms with E-state index in [9.17, 15) is 0 Å². The topological polar surface area (TPSA) is 16.4 Å². The highest BCUT2D eigenvalue weighted by Gasteiger charge is 2.21. The number of hydrogen-bond acceptors (Lipinski definition) is 2. The first-order chi connectivity index (χ1) is 32.7. The zero-order valence-corrected chi connectivity index (χ0v) is 36.2. The molecule has 2 nitrogen and oxygen atoms in total. The number of benzene rings is 11. The number of hydrogen-bond donors (Lipinski definition) is 0. The molecule has 310 valence electrons. The number of anilines is 3. The molecule has 0 unspecified atom stereocenters. The number of fused-ring (bicyclic) bond motifs is 4. The maximum atomic E-state index is 6.74. The van der Waals surface area contributed by atoms with Gasteiger partial charge in [0, 0.05) is 33.6 Å². The van der Waals surface area contributed by atoms with Crippen LogP contribution in [0.2, 0.25) is 0 Å². The summed E-state index contributed by atoms with van der Waals surface area (Å²) in [5.74, 6) is 0.853. The maximum absolute atomic E-state index is 6.74. The van der Waals surface area contributed by atoms with E-state index in [1.807, 2.05) is 6.07 Å². The molecular weight excluding hydrogens is 799 g/mol. The van der Waals surface area contributed by atoms with E-state index in [1.165, 1.54) is 60.5 Å². The molecule has 0 radical (unpaired) electrons. The molecular formula is C64H43NO. The number of furan rings is 1. The number of rotatable bonds is 9. The van der Waals surface area contributed by atoms with Crippen LogP contribution in [0.5, 0.6) is 0 Å². The van der Waals surface area contributed by atoms with E-state index in [1.54, 1.807) is 0 Å². The highest BCUT2D eigenvalue weighted by molar-refractivity contribution is 6.08. The zero-order chi connectivity index (χ0) is 43.8. The van der Waals surface area contributed by atoms with E-state index >= 15 is 0 Å². The molecule has 1 heterocycles. The molecule has 1 aromatic heterocycles. The third-order valence-electron chi connectivity index (χ3n) is 12.9. The van der Waals surface area contributed by atoms with Gasteiger partial charge in [0.05, 0.1) is 0 Å². The molecule has 12 rings (SSSR count). The second-order valence-corrected chi connectivity index (χ2v) is 16.8. The van der Waals surface area contributed by atoms with E-state index in [0.29, 0.717) is 0 Å². The van der Waals surface area contributed by atoms with Crippen LogP contribution < -0.4 is 4.90 Å². The summed E-state index contributed by atoms with van der Waals surface area (Å²) in [7, 11) is 0.